The second-order valence-electron chi connectivity index (χ2n) is 4.38. The number of hydrogen-bond donors (Lipinski definition) is 2. The predicted molar refractivity (Wildman–Crippen MR) is 80.2 cm³/mol. The van der Waals surface area contributed by atoms with E-state index in [1.165, 1.54) is 12.1 Å². The van der Waals surface area contributed by atoms with Crippen LogP contribution in [-0.2, 0) is 6.54 Å². The van der Waals surface area contributed by atoms with E-state index in [0.29, 0.717) is 10.0 Å². The minimum atomic E-state index is -0.529. The third kappa shape index (κ3) is 3.88. The fourth-order valence-electron chi connectivity index (χ4n) is 1.76. The Balaban J connectivity index is 2.05. The van der Waals surface area contributed by atoms with E-state index in [-0.39, 0.29) is 12.1 Å². The van der Waals surface area contributed by atoms with Crippen molar-refractivity contribution in [1.82, 2.24) is 5.32 Å². The fraction of sp³-hybridized carbons (Fsp3) is 0.0667. The van der Waals surface area contributed by atoms with Gasteiger partial charge >= 0.3 is 0 Å². The lowest BCUT2D eigenvalue weighted by Gasteiger charge is -2.07. The lowest BCUT2D eigenvalue weighted by Crippen LogP contribution is -2.23. The van der Waals surface area contributed by atoms with E-state index in [4.69, 9.17) is 5.73 Å². The molecular formula is C15H12BrFN2O2. The summed E-state index contributed by atoms with van der Waals surface area (Å²) in [6.45, 7) is 0.220. The number of carbonyl (C=O) groups is 2. The van der Waals surface area contributed by atoms with Crippen molar-refractivity contribution in [3.63, 3.8) is 0 Å². The van der Waals surface area contributed by atoms with Crippen LogP contribution >= 0.6 is 15.9 Å². The van der Waals surface area contributed by atoms with Gasteiger partial charge in [0.05, 0.1) is 4.47 Å². The van der Waals surface area contributed by atoms with Crippen molar-refractivity contribution in [3.8, 4) is 0 Å². The highest BCUT2D eigenvalue weighted by Crippen LogP contribution is 2.16. The van der Waals surface area contributed by atoms with Crippen LogP contribution in [0.1, 0.15) is 26.3 Å². The molecule has 21 heavy (non-hydrogen) atoms. The average Bonchev–Trinajstić information content (AvgIpc) is 2.48. The number of halogens is 2. The summed E-state index contributed by atoms with van der Waals surface area (Å²) >= 11 is 3.03. The van der Waals surface area contributed by atoms with Gasteiger partial charge in [0.1, 0.15) is 5.82 Å². The first kappa shape index (κ1) is 15.2. The first-order valence-corrected chi connectivity index (χ1v) is 6.88. The Hall–Kier alpha value is -2.21. The van der Waals surface area contributed by atoms with Gasteiger partial charge < -0.3 is 11.1 Å². The first-order chi connectivity index (χ1) is 9.97. The predicted octanol–water partition coefficient (Wildman–Crippen LogP) is 2.62. The summed E-state index contributed by atoms with van der Waals surface area (Å²) in [4.78, 5) is 23.0. The van der Waals surface area contributed by atoms with Gasteiger partial charge in [0, 0.05) is 17.7 Å². The van der Waals surface area contributed by atoms with E-state index in [0.717, 1.165) is 11.6 Å². The molecule has 0 bridgehead atoms. The molecule has 0 atom stereocenters. The van der Waals surface area contributed by atoms with Gasteiger partial charge in [0.25, 0.3) is 5.91 Å². The van der Waals surface area contributed by atoms with Crippen molar-refractivity contribution in [2.24, 2.45) is 5.73 Å². The third-order valence-corrected chi connectivity index (χ3v) is 3.49. The Morgan fingerprint density at radius 2 is 1.90 bits per heavy atom. The number of nitrogens with one attached hydrogen (secondary N) is 1. The standard InChI is InChI=1S/C15H12BrFN2O2/c16-12-5-4-11(7-13(12)17)15(21)19-8-9-2-1-3-10(6-9)14(18)20/h1-7H,8H2,(H2,18,20)(H,19,21). The lowest BCUT2D eigenvalue weighted by atomic mass is 10.1. The van der Waals surface area contributed by atoms with Crippen LogP contribution in [0.4, 0.5) is 4.39 Å². The van der Waals surface area contributed by atoms with Crippen LogP contribution in [0, 0.1) is 5.82 Å². The number of hydrogen-bond acceptors (Lipinski definition) is 2. The molecule has 0 aliphatic rings. The van der Waals surface area contributed by atoms with Crippen LogP contribution in [0.25, 0.3) is 0 Å². The largest absolute Gasteiger partial charge is 0.366 e. The molecule has 0 aliphatic heterocycles. The number of amides is 2. The molecule has 108 valence electrons. The number of carbonyl (C=O) groups excluding carboxylic acids is 2. The van der Waals surface area contributed by atoms with E-state index in [1.807, 2.05) is 0 Å². The Kier molecular flexibility index (Phi) is 4.70. The second kappa shape index (κ2) is 6.49. The van der Waals surface area contributed by atoms with Gasteiger partial charge in [-0.3, -0.25) is 9.59 Å². The molecule has 0 aliphatic carbocycles. The maximum Gasteiger partial charge on any atom is 0.251 e. The molecule has 0 saturated heterocycles. The van der Waals surface area contributed by atoms with Crippen molar-refractivity contribution in [1.29, 1.82) is 0 Å². The van der Waals surface area contributed by atoms with Crippen molar-refractivity contribution in [2.45, 2.75) is 6.54 Å². The summed E-state index contributed by atoms with van der Waals surface area (Å²) in [7, 11) is 0. The Morgan fingerprint density at radius 3 is 2.57 bits per heavy atom. The summed E-state index contributed by atoms with van der Waals surface area (Å²) in [5, 5.41) is 2.66. The molecule has 2 aromatic rings. The smallest absolute Gasteiger partial charge is 0.251 e. The Labute approximate surface area is 129 Å². The number of nitrogens with two attached hydrogens (primary N) is 1. The van der Waals surface area contributed by atoms with E-state index in [9.17, 15) is 14.0 Å². The zero-order valence-electron chi connectivity index (χ0n) is 10.9. The summed E-state index contributed by atoms with van der Waals surface area (Å²) in [6, 6.07) is 10.8. The number of benzene rings is 2. The van der Waals surface area contributed by atoms with Gasteiger partial charge in [0.2, 0.25) is 5.91 Å². The SMILES string of the molecule is NC(=O)c1cccc(CNC(=O)c2ccc(Br)c(F)c2)c1. The maximum atomic E-state index is 13.4. The van der Waals surface area contributed by atoms with Crippen molar-refractivity contribution in [3.05, 3.63) is 69.4 Å². The topological polar surface area (TPSA) is 72.2 Å². The first-order valence-electron chi connectivity index (χ1n) is 6.09. The molecule has 4 nitrogen and oxygen atoms in total. The van der Waals surface area contributed by atoms with Gasteiger partial charge in [-0.25, -0.2) is 4.39 Å². The minimum absolute atomic E-state index is 0.220. The van der Waals surface area contributed by atoms with Gasteiger partial charge in [-0.05, 0) is 51.8 Å². The summed E-state index contributed by atoms with van der Waals surface area (Å²) < 4.78 is 13.7. The zero-order chi connectivity index (χ0) is 15.4. The molecule has 0 saturated carbocycles. The third-order valence-electron chi connectivity index (χ3n) is 2.85. The molecule has 2 rings (SSSR count). The molecule has 6 heteroatoms. The van der Waals surface area contributed by atoms with Gasteiger partial charge in [-0.2, -0.15) is 0 Å². The van der Waals surface area contributed by atoms with Gasteiger partial charge in [0.15, 0.2) is 0 Å². The molecule has 2 aromatic carbocycles. The van der Waals surface area contributed by atoms with Crippen molar-refractivity contribution in [2.75, 3.05) is 0 Å². The molecule has 2 amide bonds. The number of rotatable bonds is 4. The monoisotopic (exact) mass is 350 g/mol. The quantitative estimate of drug-likeness (QED) is 0.889. The molecule has 0 heterocycles. The van der Waals surface area contributed by atoms with E-state index >= 15 is 0 Å². The highest BCUT2D eigenvalue weighted by molar-refractivity contribution is 9.10. The Morgan fingerprint density at radius 1 is 1.14 bits per heavy atom. The lowest BCUT2D eigenvalue weighted by molar-refractivity contribution is 0.0949. The second-order valence-corrected chi connectivity index (χ2v) is 5.23. The van der Waals surface area contributed by atoms with Crippen LogP contribution < -0.4 is 11.1 Å². The molecule has 0 aromatic heterocycles. The van der Waals surface area contributed by atoms with E-state index in [1.54, 1.807) is 24.3 Å². The van der Waals surface area contributed by atoms with E-state index in [2.05, 4.69) is 21.2 Å². The molecule has 0 spiro atoms. The normalized spacial score (nSPS) is 10.2. The van der Waals surface area contributed by atoms with Gasteiger partial charge in [-0.15, -0.1) is 0 Å². The van der Waals surface area contributed by atoms with Crippen LogP contribution in [0.3, 0.4) is 0 Å². The highest BCUT2D eigenvalue weighted by atomic mass is 79.9. The number of primary amides is 1. The van der Waals surface area contributed by atoms with Crippen molar-refractivity contribution < 1.29 is 14.0 Å². The van der Waals surface area contributed by atoms with Gasteiger partial charge in [-0.1, -0.05) is 12.1 Å². The van der Waals surface area contributed by atoms with Crippen LogP contribution in [0.2, 0.25) is 0 Å². The molecular weight excluding hydrogens is 339 g/mol. The minimum Gasteiger partial charge on any atom is -0.366 e. The Bertz CT molecular complexity index is 704. The average molecular weight is 351 g/mol. The molecule has 0 radical (unpaired) electrons. The summed E-state index contributed by atoms with van der Waals surface area (Å²) in [5.41, 5.74) is 6.52. The molecule has 0 fully saturated rings. The highest BCUT2D eigenvalue weighted by Gasteiger charge is 2.09. The fourth-order valence-corrected chi connectivity index (χ4v) is 2.00. The zero-order valence-corrected chi connectivity index (χ0v) is 12.5. The van der Waals surface area contributed by atoms with Crippen LogP contribution in [-0.4, -0.2) is 11.8 Å². The maximum absolute atomic E-state index is 13.4. The van der Waals surface area contributed by atoms with Crippen LogP contribution in [0.15, 0.2) is 46.9 Å². The van der Waals surface area contributed by atoms with E-state index < -0.39 is 17.6 Å². The molecule has 3 N–H and O–H groups in total. The summed E-state index contributed by atoms with van der Waals surface area (Å²) in [6.07, 6.45) is 0. The molecule has 0 unspecified atom stereocenters. The summed E-state index contributed by atoms with van der Waals surface area (Å²) in [5.74, 6) is -1.43. The van der Waals surface area contributed by atoms with Crippen LogP contribution in [0.5, 0.6) is 0 Å². The van der Waals surface area contributed by atoms with Crippen molar-refractivity contribution >= 4 is 27.7 Å².